The van der Waals surface area contributed by atoms with Crippen molar-refractivity contribution in [1.29, 1.82) is 0 Å². The second-order valence-electron chi connectivity index (χ2n) is 6.87. The van der Waals surface area contributed by atoms with Crippen LogP contribution in [0.3, 0.4) is 0 Å². The molecule has 0 aliphatic carbocycles. The van der Waals surface area contributed by atoms with Crippen molar-refractivity contribution in [2.45, 2.75) is 31.8 Å². The fraction of sp³-hybridized carbons (Fsp3) is 0.550. The topological polar surface area (TPSA) is 122 Å². The fourth-order valence-corrected chi connectivity index (χ4v) is 4.53. The van der Waals surface area contributed by atoms with Gasteiger partial charge in [-0.25, -0.2) is 8.42 Å². The van der Waals surface area contributed by atoms with Gasteiger partial charge in [0.15, 0.2) is 6.10 Å². The van der Waals surface area contributed by atoms with E-state index >= 15 is 0 Å². The molecule has 0 saturated carbocycles. The molecule has 1 unspecified atom stereocenters. The van der Waals surface area contributed by atoms with Crippen LogP contribution in [0.25, 0.3) is 0 Å². The molecule has 1 aliphatic heterocycles. The zero-order valence-electron chi connectivity index (χ0n) is 18.0. The van der Waals surface area contributed by atoms with Crippen LogP contribution in [0.1, 0.15) is 31.1 Å². The lowest BCUT2D eigenvalue weighted by Gasteiger charge is -2.28. The Kier molecular flexibility index (Phi) is 8.96. The van der Waals surface area contributed by atoms with Crippen LogP contribution in [0.2, 0.25) is 0 Å². The van der Waals surface area contributed by atoms with E-state index < -0.39 is 34.5 Å². The van der Waals surface area contributed by atoms with Gasteiger partial charge in [-0.2, -0.15) is 4.31 Å². The Morgan fingerprint density at radius 1 is 1.13 bits per heavy atom. The maximum atomic E-state index is 12.5. The molecule has 1 fully saturated rings. The largest absolute Gasteiger partial charge is 0.451 e. The number of ether oxygens (including phenoxy) is 2. The second kappa shape index (κ2) is 11.2. The molecule has 1 aliphatic rings. The Balaban J connectivity index is 1.87. The second-order valence-corrected chi connectivity index (χ2v) is 8.80. The van der Waals surface area contributed by atoms with Crippen molar-refractivity contribution in [3.05, 3.63) is 29.8 Å². The summed E-state index contributed by atoms with van der Waals surface area (Å²) < 4.78 is 36.6. The van der Waals surface area contributed by atoms with Gasteiger partial charge in [0.2, 0.25) is 10.0 Å². The average Bonchev–Trinajstić information content (AvgIpc) is 2.78. The van der Waals surface area contributed by atoms with Gasteiger partial charge in [-0.3, -0.25) is 14.4 Å². The maximum Gasteiger partial charge on any atom is 0.326 e. The summed E-state index contributed by atoms with van der Waals surface area (Å²) in [7, 11) is -3.62. The third kappa shape index (κ3) is 6.49. The molecule has 1 aromatic carbocycles. The first kappa shape index (κ1) is 24.8. The van der Waals surface area contributed by atoms with E-state index in [1.54, 1.807) is 18.7 Å². The zero-order chi connectivity index (χ0) is 23.0. The van der Waals surface area contributed by atoms with Crippen molar-refractivity contribution >= 4 is 27.8 Å². The predicted molar refractivity (Wildman–Crippen MR) is 112 cm³/mol. The normalized spacial score (nSPS) is 15.4. The Bertz CT molecular complexity index is 877. The van der Waals surface area contributed by atoms with Gasteiger partial charge in [0.05, 0.1) is 18.1 Å². The summed E-state index contributed by atoms with van der Waals surface area (Å²) in [4.78, 5) is 38.1. The summed E-state index contributed by atoms with van der Waals surface area (Å²) in [5.41, 5.74) is 0.198. The molecule has 11 heteroatoms. The lowest BCUT2D eigenvalue weighted by molar-refractivity contribution is -0.160. The lowest BCUT2D eigenvalue weighted by Crippen LogP contribution is -2.46. The number of amides is 2. The summed E-state index contributed by atoms with van der Waals surface area (Å²) in [5, 5.41) is 2.41. The van der Waals surface area contributed by atoms with Crippen LogP contribution < -0.4 is 5.32 Å². The molecule has 0 radical (unpaired) electrons. The fourth-order valence-electron chi connectivity index (χ4n) is 3.08. The van der Waals surface area contributed by atoms with E-state index in [-0.39, 0.29) is 16.4 Å². The van der Waals surface area contributed by atoms with Crippen LogP contribution in [0.15, 0.2) is 29.2 Å². The first-order chi connectivity index (χ1) is 14.7. The molecule has 2 rings (SSSR count). The molecular weight excluding hydrogens is 426 g/mol. The number of benzene rings is 1. The molecule has 31 heavy (non-hydrogen) atoms. The predicted octanol–water partition coefficient (Wildman–Crippen LogP) is 0.237. The SMILES string of the molecule is CCN(CC)S(=O)(=O)c1ccc(C(=O)NCC(=O)OC(C)C(=O)N2CCOCC2)cc1. The third-order valence-electron chi connectivity index (χ3n) is 4.83. The Morgan fingerprint density at radius 3 is 2.26 bits per heavy atom. The van der Waals surface area contributed by atoms with E-state index in [9.17, 15) is 22.8 Å². The minimum Gasteiger partial charge on any atom is -0.451 e. The first-order valence-corrected chi connectivity index (χ1v) is 11.6. The minimum absolute atomic E-state index is 0.0857. The maximum absolute atomic E-state index is 12.5. The molecule has 0 bridgehead atoms. The quantitative estimate of drug-likeness (QED) is 0.529. The van der Waals surface area contributed by atoms with Crippen molar-refractivity contribution in [3.8, 4) is 0 Å². The molecular formula is C20H29N3O7S. The number of hydrogen-bond donors (Lipinski definition) is 1. The summed E-state index contributed by atoms with van der Waals surface area (Å²) in [6, 6.07) is 5.46. The summed E-state index contributed by atoms with van der Waals surface area (Å²) in [6.07, 6.45) is -0.966. The number of morpholine rings is 1. The molecule has 0 aromatic heterocycles. The van der Waals surface area contributed by atoms with E-state index in [0.717, 1.165) is 0 Å². The minimum atomic E-state index is -3.62. The van der Waals surface area contributed by atoms with E-state index in [2.05, 4.69) is 5.32 Å². The van der Waals surface area contributed by atoms with Gasteiger partial charge >= 0.3 is 5.97 Å². The number of carbonyl (C=O) groups excluding carboxylic acids is 3. The molecule has 1 saturated heterocycles. The summed E-state index contributed by atoms with van der Waals surface area (Å²) >= 11 is 0. The highest BCUT2D eigenvalue weighted by molar-refractivity contribution is 7.89. The average molecular weight is 456 g/mol. The lowest BCUT2D eigenvalue weighted by atomic mass is 10.2. The van der Waals surface area contributed by atoms with Gasteiger partial charge in [-0.1, -0.05) is 13.8 Å². The molecule has 1 N–H and O–H groups in total. The number of rotatable bonds is 9. The van der Waals surface area contributed by atoms with Crippen molar-refractivity contribution < 1.29 is 32.3 Å². The molecule has 10 nitrogen and oxygen atoms in total. The Labute approximate surface area is 182 Å². The molecule has 1 atom stereocenters. The van der Waals surface area contributed by atoms with E-state index in [0.29, 0.717) is 39.4 Å². The first-order valence-electron chi connectivity index (χ1n) is 10.1. The van der Waals surface area contributed by atoms with Gasteiger partial charge in [0.1, 0.15) is 6.54 Å². The van der Waals surface area contributed by atoms with Crippen LogP contribution in [0.5, 0.6) is 0 Å². The smallest absolute Gasteiger partial charge is 0.326 e. The van der Waals surface area contributed by atoms with Gasteiger partial charge in [0, 0.05) is 31.7 Å². The van der Waals surface area contributed by atoms with E-state index in [1.165, 1.54) is 35.5 Å². The Morgan fingerprint density at radius 2 is 1.71 bits per heavy atom. The summed E-state index contributed by atoms with van der Waals surface area (Å²) in [5.74, 6) is -1.62. The number of carbonyl (C=O) groups is 3. The number of nitrogens with one attached hydrogen (secondary N) is 1. The summed E-state index contributed by atoms with van der Waals surface area (Å²) in [6.45, 7) is 7.01. The monoisotopic (exact) mass is 455 g/mol. The van der Waals surface area contributed by atoms with Crippen LogP contribution >= 0.6 is 0 Å². The van der Waals surface area contributed by atoms with Gasteiger partial charge in [0.25, 0.3) is 11.8 Å². The standard InChI is InChI=1S/C20H29N3O7S/c1-4-23(5-2)31(27,28)17-8-6-16(7-9-17)19(25)21-14-18(24)30-15(3)20(26)22-10-12-29-13-11-22/h6-9,15H,4-5,10-14H2,1-3H3,(H,21,25). The highest BCUT2D eigenvalue weighted by Gasteiger charge is 2.25. The van der Waals surface area contributed by atoms with Crippen molar-refractivity contribution in [2.24, 2.45) is 0 Å². The van der Waals surface area contributed by atoms with Gasteiger partial charge in [-0.05, 0) is 31.2 Å². The van der Waals surface area contributed by atoms with Crippen molar-refractivity contribution in [3.63, 3.8) is 0 Å². The highest BCUT2D eigenvalue weighted by Crippen LogP contribution is 2.16. The van der Waals surface area contributed by atoms with Crippen LogP contribution in [0.4, 0.5) is 0 Å². The van der Waals surface area contributed by atoms with Crippen molar-refractivity contribution in [1.82, 2.24) is 14.5 Å². The number of nitrogens with zero attached hydrogens (tertiary/aromatic N) is 2. The number of esters is 1. The van der Waals surface area contributed by atoms with Crippen LogP contribution in [-0.2, 0) is 29.1 Å². The molecule has 2 amide bonds. The molecule has 172 valence electrons. The highest BCUT2D eigenvalue weighted by atomic mass is 32.2. The third-order valence-corrected chi connectivity index (χ3v) is 6.90. The van der Waals surface area contributed by atoms with E-state index in [1.807, 2.05) is 0 Å². The number of sulfonamides is 1. The zero-order valence-corrected chi connectivity index (χ0v) is 18.8. The molecule has 1 heterocycles. The van der Waals surface area contributed by atoms with Crippen LogP contribution in [-0.4, -0.2) is 87.4 Å². The number of hydrogen-bond acceptors (Lipinski definition) is 7. The van der Waals surface area contributed by atoms with Gasteiger partial charge < -0.3 is 19.7 Å². The van der Waals surface area contributed by atoms with Crippen molar-refractivity contribution in [2.75, 3.05) is 45.9 Å². The molecule has 0 spiro atoms. The van der Waals surface area contributed by atoms with E-state index in [4.69, 9.17) is 9.47 Å². The van der Waals surface area contributed by atoms with Crippen LogP contribution in [0, 0.1) is 0 Å². The Hall–Kier alpha value is -2.50. The van der Waals surface area contributed by atoms with Gasteiger partial charge in [-0.15, -0.1) is 0 Å². The molecule has 1 aromatic rings.